The second-order valence-corrected chi connectivity index (χ2v) is 2.87. The Labute approximate surface area is 69.6 Å². The van der Waals surface area contributed by atoms with Crippen molar-refractivity contribution >= 4 is 24.5 Å². The highest BCUT2D eigenvalue weighted by molar-refractivity contribution is 7.98. The summed E-state index contributed by atoms with van der Waals surface area (Å²) in [4.78, 5) is 4.75. The Morgan fingerprint density at radius 1 is 1.55 bits per heavy atom. The monoisotopic (exact) mass is 169 g/mol. The highest BCUT2D eigenvalue weighted by Gasteiger charge is 2.11. The molecule has 1 rings (SSSR count). The number of rotatable bonds is 2. The molecule has 0 aliphatic carbocycles. The lowest BCUT2D eigenvalue weighted by atomic mass is 9.86. The quantitative estimate of drug-likeness (QED) is 0.462. The molecule has 0 atom stereocenters. The Hall–Kier alpha value is -0.515. The summed E-state index contributed by atoms with van der Waals surface area (Å²) < 4.78 is 0. The number of thioether (sulfide) groups is 1. The predicted molar refractivity (Wildman–Crippen MR) is 45.8 cm³/mol. The molecule has 11 heavy (non-hydrogen) atoms. The first-order valence-corrected chi connectivity index (χ1v) is 4.32. The molecule has 0 aliphatic rings. The normalized spacial score (nSPS) is 9.73. The first-order chi connectivity index (χ1) is 5.24. The van der Waals surface area contributed by atoms with Crippen LogP contribution >= 0.6 is 11.8 Å². The lowest BCUT2D eigenvalue weighted by Gasteiger charge is -1.99. The highest BCUT2D eigenvalue weighted by atomic mass is 32.2. The molecule has 1 heterocycles. The predicted octanol–water partition coefficient (Wildman–Crippen LogP) is -0.517. The molecule has 0 radical (unpaired) electrons. The van der Waals surface area contributed by atoms with Gasteiger partial charge in [0.2, 0.25) is 0 Å². The smallest absolute Gasteiger partial charge is 0.422 e. The molecule has 0 fully saturated rings. The number of nitrogens with zero attached hydrogens (tertiary/aromatic N) is 1. The van der Waals surface area contributed by atoms with Gasteiger partial charge in [-0.25, -0.2) is 0 Å². The van der Waals surface area contributed by atoms with Crippen LogP contribution in [0, 0.1) is 0 Å². The Morgan fingerprint density at radius 2 is 2.27 bits per heavy atom. The number of aromatic nitrogens is 1. The van der Waals surface area contributed by atoms with E-state index < -0.39 is 7.12 Å². The largest absolute Gasteiger partial charge is 0.508 e. The van der Waals surface area contributed by atoms with Crippen LogP contribution in [0.1, 0.15) is 0 Å². The van der Waals surface area contributed by atoms with Gasteiger partial charge in [0, 0.05) is 11.1 Å². The zero-order chi connectivity index (χ0) is 8.27. The number of hydrogen-bond acceptors (Lipinski definition) is 4. The van der Waals surface area contributed by atoms with E-state index in [0.717, 1.165) is 4.90 Å². The first kappa shape index (κ1) is 8.58. The van der Waals surface area contributed by atoms with E-state index in [2.05, 4.69) is 4.98 Å². The van der Waals surface area contributed by atoms with Crippen LogP contribution < -0.4 is 5.59 Å². The Morgan fingerprint density at radius 3 is 2.82 bits per heavy atom. The van der Waals surface area contributed by atoms with Gasteiger partial charge in [0.15, 0.2) is 0 Å². The summed E-state index contributed by atoms with van der Waals surface area (Å²) in [6, 6.07) is 3.46. The summed E-state index contributed by atoms with van der Waals surface area (Å²) >= 11 is 1.54. The van der Waals surface area contributed by atoms with E-state index in [1.807, 2.05) is 12.3 Å². The van der Waals surface area contributed by atoms with E-state index in [1.165, 1.54) is 11.8 Å². The summed E-state index contributed by atoms with van der Waals surface area (Å²) in [6.45, 7) is 0. The van der Waals surface area contributed by atoms with Crippen LogP contribution in [0.2, 0.25) is 0 Å². The standard InChI is InChI=1S/C6H8BNO2S/c1-11-5-2-3-8-6(4-5)7(9)10/h2-4,9-10H,1H3. The second kappa shape index (κ2) is 3.76. The zero-order valence-corrected chi connectivity index (χ0v) is 6.88. The van der Waals surface area contributed by atoms with Gasteiger partial charge in [0.1, 0.15) is 0 Å². The van der Waals surface area contributed by atoms with Gasteiger partial charge in [-0.2, -0.15) is 0 Å². The van der Waals surface area contributed by atoms with Crippen molar-refractivity contribution in [3.05, 3.63) is 18.3 Å². The molecular weight excluding hydrogens is 161 g/mol. The van der Waals surface area contributed by atoms with Crippen LogP contribution in [-0.4, -0.2) is 28.4 Å². The van der Waals surface area contributed by atoms with E-state index in [4.69, 9.17) is 10.0 Å². The SMILES string of the molecule is CSc1ccnc(B(O)O)c1. The summed E-state index contributed by atoms with van der Waals surface area (Å²) in [5.74, 6) is 0. The number of hydrogen-bond donors (Lipinski definition) is 2. The van der Waals surface area contributed by atoms with Gasteiger partial charge in [-0.1, -0.05) is 0 Å². The van der Waals surface area contributed by atoms with Crippen molar-refractivity contribution in [1.82, 2.24) is 4.98 Å². The molecule has 0 aliphatic heterocycles. The minimum Gasteiger partial charge on any atom is -0.422 e. The lowest BCUT2D eigenvalue weighted by molar-refractivity contribution is 0.424. The van der Waals surface area contributed by atoms with Crippen molar-refractivity contribution in [2.24, 2.45) is 0 Å². The van der Waals surface area contributed by atoms with Crippen molar-refractivity contribution in [3.8, 4) is 0 Å². The lowest BCUT2D eigenvalue weighted by Crippen LogP contribution is -2.32. The molecule has 0 unspecified atom stereocenters. The molecule has 0 aromatic carbocycles. The summed E-state index contributed by atoms with van der Waals surface area (Å²) in [7, 11) is -1.47. The number of pyridine rings is 1. The topological polar surface area (TPSA) is 53.4 Å². The Balaban J connectivity index is 2.91. The molecule has 0 spiro atoms. The maximum absolute atomic E-state index is 8.73. The minimum atomic E-state index is -1.47. The van der Waals surface area contributed by atoms with Crippen LogP contribution in [0.5, 0.6) is 0 Å². The van der Waals surface area contributed by atoms with E-state index in [1.54, 1.807) is 12.3 Å². The average Bonchev–Trinajstić information content (AvgIpc) is 2.05. The first-order valence-electron chi connectivity index (χ1n) is 3.10. The molecule has 3 nitrogen and oxygen atoms in total. The third-order valence-corrected chi connectivity index (χ3v) is 1.98. The van der Waals surface area contributed by atoms with E-state index in [9.17, 15) is 0 Å². The molecule has 1 aromatic heterocycles. The average molecular weight is 169 g/mol. The maximum Gasteiger partial charge on any atom is 0.508 e. The molecular formula is C6H8BNO2S. The molecule has 0 bridgehead atoms. The van der Waals surface area contributed by atoms with Crippen molar-refractivity contribution in [2.45, 2.75) is 4.90 Å². The summed E-state index contributed by atoms with van der Waals surface area (Å²) in [5.41, 5.74) is 0.289. The van der Waals surface area contributed by atoms with Crippen molar-refractivity contribution in [2.75, 3.05) is 6.26 Å². The minimum absolute atomic E-state index is 0.289. The zero-order valence-electron chi connectivity index (χ0n) is 6.06. The van der Waals surface area contributed by atoms with Crippen LogP contribution in [0.15, 0.2) is 23.2 Å². The van der Waals surface area contributed by atoms with E-state index >= 15 is 0 Å². The molecule has 1 aromatic rings. The second-order valence-electron chi connectivity index (χ2n) is 1.99. The molecule has 0 saturated carbocycles. The third-order valence-electron chi connectivity index (χ3n) is 1.25. The summed E-state index contributed by atoms with van der Waals surface area (Å²) in [6.07, 6.45) is 3.48. The van der Waals surface area contributed by atoms with E-state index in [0.29, 0.717) is 0 Å². The van der Waals surface area contributed by atoms with Gasteiger partial charge < -0.3 is 10.0 Å². The van der Waals surface area contributed by atoms with Crippen molar-refractivity contribution in [1.29, 1.82) is 0 Å². The van der Waals surface area contributed by atoms with Gasteiger partial charge in [-0.15, -0.1) is 11.8 Å². The fourth-order valence-electron chi connectivity index (χ4n) is 0.696. The molecule has 58 valence electrons. The van der Waals surface area contributed by atoms with Crippen LogP contribution in [-0.2, 0) is 0 Å². The van der Waals surface area contributed by atoms with Crippen molar-refractivity contribution < 1.29 is 10.0 Å². The third kappa shape index (κ3) is 2.22. The van der Waals surface area contributed by atoms with E-state index in [-0.39, 0.29) is 5.59 Å². The molecule has 5 heteroatoms. The van der Waals surface area contributed by atoms with Crippen LogP contribution in [0.4, 0.5) is 0 Å². The van der Waals surface area contributed by atoms with Gasteiger partial charge >= 0.3 is 7.12 Å². The summed E-state index contributed by atoms with van der Waals surface area (Å²) in [5, 5.41) is 17.5. The molecule has 2 N–H and O–H groups in total. The van der Waals surface area contributed by atoms with Crippen LogP contribution in [0.25, 0.3) is 0 Å². The fraction of sp³-hybridized carbons (Fsp3) is 0.167. The van der Waals surface area contributed by atoms with Gasteiger partial charge in [0.05, 0.1) is 5.59 Å². The van der Waals surface area contributed by atoms with Gasteiger partial charge in [-0.05, 0) is 18.4 Å². The van der Waals surface area contributed by atoms with Crippen LogP contribution in [0.3, 0.4) is 0 Å². The maximum atomic E-state index is 8.73. The molecule has 0 saturated heterocycles. The molecule has 0 amide bonds. The van der Waals surface area contributed by atoms with Gasteiger partial charge in [0.25, 0.3) is 0 Å². The fourth-order valence-corrected chi connectivity index (χ4v) is 1.13. The van der Waals surface area contributed by atoms with Gasteiger partial charge in [-0.3, -0.25) is 4.98 Å². The Bertz CT molecular complexity index is 244. The Kier molecular flexibility index (Phi) is 2.93. The highest BCUT2D eigenvalue weighted by Crippen LogP contribution is 2.10. The van der Waals surface area contributed by atoms with Crippen molar-refractivity contribution in [3.63, 3.8) is 0 Å².